The summed E-state index contributed by atoms with van der Waals surface area (Å²) < 4.78 is 31.8. The Morgan fingerprint density at radius 2 is 1.78 bits per heavy atom. The summed E-state index contributed by atoms with van der Waals surface area (Å²) >= 11 is 0. The molecular weight excluding hydrogens is 490 g/mol. The van der Waals surface area contributed by atoms with E-state index < -0.39 is 16.1 Å². The molecule has 0 fully saturated rings. The van der Waals surface area contributed by atoms with E-state index >= 15 is 0 Å². The van der Waals surface area contributed by atoms with Crippen LogP contribution in [0.15, 0.2) is 48.5 Å². The molecule has 0 aliphatic heterocycles. The predicted molar refractivity (Wildman–Crippen MR) is 148 cm³/mol. The first-order chi connectivity index (χ1) is 17.5. The Morgan fingerprint density at radius 3 is 2.38 bits per heavy atom. The van der Waals surface area contributed by atoms with Crippen LogP contribution in [0.3, 0.4) is 0 Å². The average Bonchev–Trinajstić information content (AvgIpc) is 2.84. The van der Waals surface area contributed by atoms with Crippen molar-refractivity contribution < 1.29 is 22.7 Å². The van der Waals surface area contributed by atoms with Crippen molar-refractivity contribution >= 4 is 27.5 Å². The smallest absolute Gasteiger partial charge is 0.242 e. The Kier molecular flexibility index (Phi) is 11.4. The number of nitrogens with one attached hydrogen (secondary N) is 1. The third-order valence-electron chi connectivity index (χ3n) is 6.01. The standard InChI is InChI=1S/C28H41N3O5S/c1-7-24(28(33)29-19-21(2)3)30(20-23-13-10-12-22(4)18-23)27(32)16-11-17-31(37(6,34)35)25-14-8-9-15-26(25)36-5/h8-10,12-15,18,21,24H,7,11,16-17,19-20H2,1-6H3,(H,29,33)/t24-/m0/s1. The molecule has 0 spiro atoms. The molecule has 37 heavy (non-hydrogen) atoms. The number of carbonyl (C=O) groups excluding carboxylic acids is 2. The van der Waals surface area contributed by atoms with E-state index in [0.29, 0.717) is 36.9 Å². The van der Waals surface area contributed by atoms with Gasteiger partial charge < -0.3 is 15.0 Å². The fourth-order valence-electron chi connectivity index (χ4n) is 4.17. The van der Waals surface area contributed by atoms with Crippen LogP contribution in [0, 0.1) is 12.8 Å². The molecule has 8 nitrogen and oxygen atoms in total. The summed E-state index contributed by atoms with van der Waals surface area (Å²) in [5, 5.41) is 2.96. The zero-order chi connectivity index (χ0) is 27.6. The maximum atomic E-state index is 13.5. The van der Waals surface area contributed by atoms with Gasteiger partial charge in [-0.05, 0) is 43.4 Å². The first-order valence-electron chi connectivity index (χ1n) is 12.7. The Hall–Kier alpha value is -3.07. The molecule has 9 heteroatoms. The van der Waals surface area contributed by atoms with E-state index in [1.54, 1.807) is 29.2 Å². The number of aryl methyl sites for hydroxylation is 1. The molecule has 1 N–H and O–H groups in total. The van der Waals surface area contributed by atoms with Crippen LogP contribution in [0.2, 0.25) is 0 Å². The van der Waals surface area contributed by atoms with E-state index in [0.717, 1.165) is 17.4 Å². The van der Waals surface area contributed by atoms with Crippen LogP contribution < -0.4 is 14.4 Å². The number of benzene rings is 2. The van der Waals surface area contributed by atoms with Crippen molar-refractivity contribution in [3.8, 4) is 5.75 Å². The van der Waals surface area contributed by atoms with Crippen molar-refractivity contribution in [3.63, 3.8) is 0 Å². The third-order valence-corrected chi connectivity index (χ3v) is 7.19. The van der Waals surface area contributed by atoms with Gasteiger partial charge in [0.25, 0.3) is 0 Å². The number of nitrogens with zero attached hydrogens (tertiary/aromatic N) is 2. The molecule has 2 rings (SSSR count). The first-order valence-corrected chi connectivity index (χ1v) is 14.6. The second-order valence-electron chi connectivity index (χ2n) is 9.68. The highest BCUT2D eigenvalue weighted by Crippen LogP contribution is 2.29. The summed E-state index contributed by atoms with van der Waals surface area (Å²) in [6, 6.07) is 14.1. The van der Waals surface area contributed by atoms with Gasteiger partial charge in [0.1, 0.15) is 11.8 Å². The summed E-state index contributed by atoms with van der Waals surface area (Å²) in [6.07, 6.45) is 1.99. The number of amides is 2. The molecule has 0 saturated carbocycles. The molecule has 0 saturated heterocycles. The number of anilines is 1. The zero-order valence-electron chi connectivity index (χ0n) is 22.9. The van der Waals surface area contributed by atoms with E-state index in [1.807, 2.05) is 52.0 Å². The molecule has 1 atom stereocenters. The number of carbonyl (C=O) groups is 2. The first kappa shape index (κ1) is 30.2. The molecule has 2 aromatic rings. The highest BCUT2D eigenvalue weighted by Gasteiger charge is 2.29. The highest BCUT2D eigenvalue weighted by atomic mass is 32.2. The van der Waals surface area contributed by atoms with Crippen molar-refractivity contribution in [2.24, 2.45) is 5.92 Å². The molecule has 0 bridgehead atoms. The number of methoxy groups -OCH3 is 1. The molecule has 0 radical (unpaired) electrons. The Morgan fingerprint density at radius 1 is 1.08 bits per heavy atom. The van der Waals surface area contributed by atoms with Gasteiger partial charge in [0.05, 0.1) is 19.1 Å². The summed E-state index contributed by atoms with van der Waals surface area (Å²) in [4.78, 5) is 28.2. The Labute approximate surface area is 222 Å². The van der Waals surface area contributed by atoms with Gasteiger partial charge in [-0.25, -0.2) is 8.42 Å². The SMILES string of the molecule is CC[C@@H](C(=O)NCC(C)C)N(Cc1cccc(C)c1)C(=O)CCCN(c1ccccc1OC)S(C)(=O)=O. The maximum Gasteiger partial charge on any atom is 0.242 e. The molecule has 0 aliphatic rings. The quantitative estimate of drug-likeness (QED) is 0.396. The molecule has 0 aliphatic carbocycles. The maximum absolute atomic E-state index is 13.5. The lowest BCUT2D eigenvalue weighted by Gasteiger charge is -2.31. The van der Waals surface area contributed by atoms with Gasteiger partial charge in [0, 0.05) is 26.1 Å². The lowest BCUT2D eigenvalue weighted by Crippen LogP contribution is -2.49. The number of sulfonamides is 1. The summed E-state index contributed by atoms with van der Waals surface area (Å²) in [6.45, 7) is 8.86. The fraction of sp³-hybridized carbons (Fsp3) is 0.500. The number of hydrogen-bond acceptors (Lipinski definition) is 5. The van der Waals surface area contributed by atoms with Crippen LogP contribution in [-0.2, 0) is 26.2 Å². The summed E-state index contributed by atoms with van der Waals surface area (Å²) in [7, 11) is -2.12. The van der Waals surface area contributed by atoms with Gasteiger partial charge in [-0.2, -0.15) is 0 Å². The second kappa shape index (κ2) is 14.0. The van der Waals surface area contributed by atoms with Gasteiger partial charge in [0.15, 0.2) is 0 Å². The molecule has 0 unspecified atom stereocenters. The Balaban J connectivity index is 2.24. The minimum absolute atomic E-state index is 0.0982. The summed E-state index contributed by atoms with van der Waals surface area (Å²) in [5.74, 6) is 0.359. The minimum Gasteiger partial charge on any atom is -0.495 e. The van der Waals surface area contributed by atoms with Crippen LogP contribution in [0.25, 0.3) is 0 Å². The number of ether oxygens (including phenoxy) is 1. The minimum atomic E-state index is -3.61. The van der Waals surface area contributed by atoms with Gasteiger partial charge >= 0.3 is 0 Å². The van der Waals surface area contributed by atoms with Crippen LogP contribution >= 0.6 is 0 Å². The topological polar surface area (TPSA) is 96.0 Å². The largest absolute Gasteiger partial charge is 0.495 e. The predicted octanol–water partition coefficient (Wildman–Crippen LogP) is 4.13. The Bertz CT molecular complexity index is 1150. The van der Waals surface area contributed by atoms with Crippen molar-refractivity contribution in [1.82, 2.24) is 10.2 Å². The van der Waals surface area contributed by atoms with Crippen molar-refractivity contribution in [2.45, 2.75) is 59.5 Å². The van der Waals surface area contributed by atoms with E-state index in [-0.39, 0.29) is 31.2 Å². The molecule has 204 valence electrons. The van der Waals surface area contributed by atoms with Gasteiger partial charge in [-0.3, -0.25) is 13.9 Å². The summed E-state index contributed by atoms with van der Waals surface area (Å²) in [5.41, 5.74) is 2.44. The molecule has 2 amide bonds. The zero-order valence-corrected chi connectivity index (χ0v) is 23.7. The van der Waals surface area contributed by atoms with Gasteiger partial charge in [-0.1, -0.05) is 62.7 Å². The van der Waals surface area contributed by atoms with Crippen LogP contribution in [0.5, 0.6) is 5.75 Å². The monoisotopic (exact) mass is 531 g/mol. The fourth-order valence-corrected chi connectivity index (χ4v) is 5.14. The van der Waals surface area contributed by atoms with Crippen molar-refractivity contribution in [2.75, 3.05) is 30.8 Å². The molecule has 0 aromatic heterocycles. The van der Waals surface area contributed by atoms with Gasteiger partial charge in [-0.15, -0.1) is 0 Å². The normalized spacial score (nSPS) is 12.2. The lowest BCUT2D eigenvalue weighted by atomic mass is 10.1. The highest BCUT2D eigenvalue weighted by molar-refractivity contribution is 7.92. The van der Waals surface area contributed by atoms with Crippen LogP contribution in [0.4, 0.5) is 5.69 Å². The van der Waals surface area contributed by atoms with Gasteiger partial charge in [0.2, 0.25) is 21.8 Å². The molecule has 2 aromatic carbocycles. The van der Waals surface area contributed by atoms with E-state index in [2.05, 4.69) is 5.32 Å². The third kappa shape index (κ3) is 9.07. The van der Waals surface area contributed by atoms with Crippen molar-refractivity contribution in [3.05, 3.63) is 59.7 Å². The molecule has 0 heterocycles. The average molecular weight is 532 g/mol. The second-order valence-corrected chi connectivity index (χ2v) is 11.6. The lowest BCUT2D eigenvalue weighted by molar-refractivity contribution is -0.141. The van der Waals surface area contributed by atoms with Crippen LogP contribution in [0.1, 0.15) is 51.2 Å². The number of rotatable bonds is 14. The molecular formula is C28H41N3O5S. The number of para-hydroxylation sites is 2. The van der Waals surface area contributed by atoms with Crippen LogP contribution in [-0.4, -0.2) is 57.6 Å². The van der Waals surface area contributed by atoms with E-state index in [1.165, 1.54) is 11.4 Å². The van der Waals surface area contributed by atoms with E-state index in [4.69, 9.17) is 4.74 Å². The van der Waals surface area contributed by atoms with E-state index in [9.17, 15) is 18.0 Å². The van der Waals surface area contributed by atoms with Crippen molar-refractivity contribution in [1.29, 1.82) is 0 Å². The number of hydrogen-bond donors (Lipinski definition) is 1.